The van der Waals surface area contributed by atoms with Gasteiger partial charge >= 0.3 is 0 Å². The molecule has 3 rings (SSSR count). The van der Waals surface area contributed by atoms with Gasteiger partial charge < -0.3 is 9.30 Å². The quantitative estimate of drug-likeness (QED) is 0.822. The van der Waals surface area contributed by atoms with Gasteiger partial charge in [-0.05, 0) is 31.5 Å². The van der Waals surface area contributed by atoms with E-state index in [0.717, 1.165) is 19.6 Å². The molecule has 2 aromatic rings. The summed E-state index contributed by atoms with van der Waals surface area (Å²) in [7, 11) is 1.73. The van der Waals surface area contributed by atoms with Gasteiger partial charge in [-0.2, -0.15) is 0 Å². The number of piperidine rings is 1. The van der Waals surface area contributed by atoms with Gasteiger partial charge in [-0.1, -0.05) is 12.5 Å². The molecule has 0 aliphatic carbocycles. The maximum Gasteiger partial charge on any atom is 0.0949 e. The molecule has 0 aromatic carbocycles. The van der Waals surface area contributed by atoms with Gasteiger partial charge in [0.2, 0.25) is 0 Å². The molecule has 1 aliphatic rings. The summed E-state index contributed by atoms with van der Waals surface area (Å²) in [6, 6.07) is 6.63. The van der Waals surface area contributed by atoms with Crippen LogP contribution in [0.25, 0.3) is 0 Å². The predicted octanol–water partition coefficient (Wildman–Crippen LogP) is 2.65. The molecule has 0 bridgehead atoms. The van der Waals surface area contributed by atoms with Crippen molar-refractivity contribution in [1.82, 2.24) is 19.4 Å². The molecule has 2 aromatic heterocycles. The molecule has 1 aliphatic heterocycles. The first-order valence-electron chi connectivity index (χ1n) is 8.01. The number of methoxy groups -OCH3 is 1. The topological polar surface area (TPSA) is 43.2 Å². The van der Waals surface area contributed by atoms with E-state index in [9.17, 15) is 0 Å². The fourth-order valence-electron chi connectivity index (χ4n) is 3.17. The molecule has 1 fully saturated rings. The smallest absolute Gasteiger partial charge is 0.0949 e. The van der Waals surface area contributed by atoms with Crippen molar-refractivity contribution in [3.8, 4) is 0 Å². The molecule has 0 radical (unpaired) electrons. The fraction of sp³-hybridized carbons (Fsp3) is 0.529. The van der Waals surface area contributed by atoms with Crippen molar-refractivity contribution in [1.29, 1.82) is 0 Å². The van der Waals surface area contributed by atoms with Gasteiger partial charge in [-0.25, -0.2) is 4.98 Å². The second-order valence-electron chi connectivity index (χ2n) is 5.81. The summed E-state index contributed by atoms with van der Waals surface area (Å²) < 4.78 is 7.37. The fourth-order valence-corrected chi connectivity index (χ4v) is 3.17. The Hall–Kier alpha value is -1.72. The molecule has 5 nitrogen and oxygen atoms in total. The maximum atomic E-state index is 5.18. The van der Waals surface area contributed by atoms with Gasteiger partial charge in [0, 0.05) is 32.6 Å². The van der Waals surface area contributed by atoms with Crippen LogP contribution in [-0.2, 0) is 17.8 Å². The first-order valence-corrected chi connectivity index (χ1v) is 8.01. The molecule has 0 saturated carbocycles. The van der Waals surface area contributed by atoms with Gasteiger partial charge in [0.15, 0.2) is 0 Å². The lowest BCUT2D eigenvalue weighted by atomic mass is 9.98. The number of ether oxygens (including phenoxy) is 1. The third-order valence-electron chi connectivity index (χ3n) is 4.34. The minimum absolute atomic E-state index is 0.417. The number of pyridine rings is 1. The number of nitrogens with zero attached hydrogens (tertiary/aromatic N) is 4. The SMILES string of the molecule is COCCn1cncc1CN1CCCCC1c1ccccn1. The molecular formula is C17H24N4O. The lowest BCUT2D eigenvalue weighted by Crippen LogP contribution is -2.34. The monoisotopic (exact) mass is 300 g/mol. The van der Waals surface area contributed by atoms with Crippen molar-refractivity contribution >= 4 is 0 Å². The number of aromatic nitrogens is 3. The Morgan fingerprint density at radius 1 is 1.32 bits per heavy atom. The first kappa shape index (κ1) is 15.2. The summed E-state index contributed by atoms with van der Waals surface area (Å²) >= 11 is 0. The number of likely N-dealkylation sites (tertiary alicyclic amines) is 1. The molecule has 0 N–H and O–H groups in total. The van der Waals surface area contributed by atoms with E-state index in [-0.39, 0.29) is 0 Å². The summed E-state index contributed by atoms with van der Waals surface area (Å²) in [4.78, 5) is 11.4. The minimum atomic E-state index is 0.417. The highest BCUT2D eigenvalue weighted by atomic mass is 16.5. The second kappa shape index (κ2) is 7.51. The highest BCUT2D eigenvalue weighted by molar-refractivity contribution is 5.11. The van der Waals surface area contributed by atoms with E-state index >= 15 is 0 Å². The van der Waals surface area contributed by atoms with Crippen molar-refractivity contribution in [3.05, 3.63) is 48.3 Å². The van der Waals surface area contributed by atoms with E-state index < -0.39 is 0 Å². The molecule has 3 heterocycles. The summed E-state index contributed by atoms with van der Waals surface area (Å²) in [5.41, 5.74) is 2.44. The molecule has 118 valence electrons. The van der Waals surface area contributed by atoms with Crippen molar-refractivity contribution in [3.63, 3.8) is 0 Å². The Morgan fingerprint density at radius 2 is 2.27 bits per heavy atom. The highest BCUT2D eigenvalue weighted by Crippen LogP contribution is 2.30. The molecular weight excluding hydrogens is 276 g/mol. The summed E-state index contributed by atoms with van der Waals surface area (Å²) in [6.45, 7) is 3.61. The van der Waals surface area contributed by atoms with E-state index in [1.807, 2.05) is 24.8 Å². The Bertz CT molecular complexity index is 569. The zero-order chi connectivity index (χ0) is 15.2. The predicted molar refractivity (Wildman–Crippen MR) is 85.3 cm³/mol. The Kier molecular flexibility index (Phi) is 5.19. The first-order chi connectivity index (χ1) is 10.9. The molecule has 0 spiro atoms. The molecule has 1 unspecified atom stereocenters. The third-order valence-corrected chi connectivity index (χ3v) is 4.34. The van der Waals surface area contributed by atoms with E-state index in [4.69, 9.17) is 4.74 Å². The largest absolute Gasteiger partial charge is 0.383 e. The van der Waals surface area contributed by atoms with Gasteiger partial charge in [-0.15, -0.1) is 0 Å². The van der Waals surface area contributed by atoms with Gasteiger partial charge in [0.05, 0.1) is 30.4 Å². The van der Waals surface area contributed by atoms with Crippen LogP contribution in [-0.4, -0.2) is 39.7 Å². The van der Waals surface area contributed by atoms with Crippen LogP contribution >= 0.6 is 0 Å². The summed E-state index contributed by atoms with van der Waals surface area (Å²) in [5, 5.41) is 0. The molecule has 5 heteroatoms. The average Bonchev–Trinajstić information content (AvgIpc) is 3.01. The van der Waals surface area contributed by atoms with E-state index in [1.54, 1.807) is 7.11 Å². The van der Waals surface area contributed by atoms with E-state index in [2.05, 4.69) is 31.6 Å². The highest BCUT2D eigenvalue weighted by Gasteiger charge is 2.25. The lowest BCUT2D eigenvalue weighted by Gasteiger charge is -2.35. The van der Waals surface area contributed by atoms with Crippen LogP contribution in [0.2, 0.25) is 0 Å². The zero-order valence-electron chi connectivity index (χ0n) is 13.2. The Labute approximate surface area is 131 Å². The van der Waals surface area contributed by atoms with Gasteiger partial charge in [0.1, 0.15) is 0 Å². The summed E-state index contributed by atoms with van der Waals surface area (Å²) in [6.07, 6.45) is 9.48. The lowest BCUT2D eigenvalue weighted by molar-refractivity contribution is 0.132. The van der Waals surface area contributed by atoms with Crippen LogP contribution in [0.3, 0.4) is 0 Å². The van der Waals surface area contributed by atoms with Crippen LogP contribution in [0.5, 0.6) is 0 Å². The Morgan fingerprint density at radius 3 is 3.09 bits per heavy atom. The van der Waals surface area contributed by atoms with Crippen molar-refractivity contribution in [2.45, 2.75) is 38.4 Å². The van der Waals surface area contributed by atoms with E-state index in [0.29, 0.717) is 12.6 Å². The minimum Gasteiger partial charge on any atom is -0.383 e. The number of hydrogen-bond acceptors (Lipinski definition) is 4. The Balaban J connectivity index is 1.73. The maximum absolute atomic E-state index is 5.18. The van der Waals surface area contributed by atoms with Crippen molar-refractivity contribution in [2.24, 2.45) is 0 Å². The normalized spacial score (nSPS) is 19.4. The third kappa shape index (κ3) is 3.54. The second-order valence-corrected chi connectivity index (χ2v) is 5.81. The number of hydrogen-bond donors (Lipinski definition) is 0. The number of imidazole rings is 1. The van der Waals surface area contributed by atoms with E-state index in [1.165, 1.54) is 30.7 Å². The zero-order valence-corrected chi connectivity index (χ0v) is 13.2. The molecule has 22 heavy (non-hydrogen) atoms. The van der Waals surface area contributed by atoms with Crippen LogP contribution in [0.1, 0.15) is 36.7 Å². The van der Waals surface area contributed by atoms with Gasteiger partial charge in [0.25, 0.3) is 0 Å². The van der Waals surface area contributed by atoms with Crippen LogP contribution in [0, 0.1) is 0 Å². The summed E-state index contributed by atoms with van der Waals surface area (Å²) in [5.74, 6) is 0. The van der Waals surface area contributed by atoms with Crippen LogP contribution < -0.4 is 0 Å². The van der Waals surface area contributed by atoms with Crippen molar-refractivity contribution < 1.29 is 4.74 Å². The van der Waals surface area contributed by atoms with Crippen molar-refractivity contribution in [2.75, 3.05) is 20.3 Å². The van der Waals surface area contributed by atoms with Gasteiger partial charge in [-0.3, -0.25) is 9.88 Å². The van der Waals surface area contributed by atoms with Crippen LogP contribution in [0.4, 0.5) is 0 Å². The number of rotatable bonds is 6. The standard InChI is InChI=1S/C17H24N4O/c1-22-11-10-21-14-18-12-15(21)13-20-9-5-3-7-17(20)16-6-2-4-8-19-16/h2,4,6,8,12,14,17H,3,5,7,9-11,13H2,1H3. The molecule has 1 saturated heterocycles. The molecule has 0 amide bonds. The molecule has 1 atom stereocenters. The van der Waals surface area contributed by atoms with Crippen LogP contribution in [0.15, 0.2) is 36.9 Å². The average molecular weight is 300 g/mol.